The van der Waals surface area contributed by atoms with Crippen LogP contribution in [0.5, 0.6) is 5.75 Å². The number of carbonyl (C=O) groups excluding carboxylic acids is 1. The van der Waals surface area contributed by atoms with Crippen LogP contribution in [0.2, 0.25) is 0 Å². The molecule has 0 spiro atoms. The Bertz CT molecular complexity index is 1120. The molecule has 33 heavy (non-hydrogen) atoms. The van der Waals surface area contributed by atoms with E-state index in [-0.39, 0.29) is 12.5 Å². The maximum absolute atomic E-state index is 13.2. The van der Waals surface area contributed by atoms with Gasteiger partial charge in [0.2, 0.25) is 5.82 Å². The van der Waals surface area contributed by atoms with Gasteiger partial charge in [-0.15, -0.1) is 0 Å². The van der Waals surface area contributed by atoms with Crippen LogP contribution in [-0.2, 0) is 10.9 Å². The van der Waals surface area contributed by atoms with E-state index in [1.54, 1.807) is 30.5 Å². The summed E-state index contributed by atoms with van der Waals surface area (Å²) < 4.78 is 49.4. The molecule has 1 amide bonds. The third-order valence-corrected chi connectivity index (χ3v) is 5.45. The predicted octanol–water partition coefficient (Wildman–Crippen LogP) is 2.86. The lowest BCUT2D eigenvalue weighted by Gasteiger charge is -2.34. The number of pyridine rings is 1. The Morgan fingerprint density at radius 3 is 2.58 bits per heavy atom. The Morgan fingerprint density at radius 1 is 1.18 bits per heavy atom. The molecule has 174 valence electrons. The fourth-order valence-corrected chi connectivity index (χ4v) is 3.82. The van der Waals surface area contributed by atoms with Crippen molar-refractivity contribution in [1.82, 2.24) is 25.2 Å². The van der Waals surface area contributed by atoms with Crippen molar-refractivity contribution in [2.45, 2.75) is 12.2 Å². The van der Waals surface area contributed by atoms with E-state index in [0.717, 1.165) is 12.4 Å². The molecule has 2 aromatic heterocycles. The van der Waals surface area contributed by atoms with E-state index >= 15 is 0 Å². The van der Waals surface area contributed by atoms with E-state index in [2.05, 4.69) is 20.3 Å². The Balaban J connectivity index is 1.60. The summed E-state index contributed by atoms with van der Waals surface area (Å²) in [7, 11) is 1.48. The molecule has 1 saturated heterocycles. The van der Waals surface area contributed by atoms with E-state index in [1.165, 1.54) is 7.11 Å². The van der Waals surface area contributed by atoms with Gasteiger partial charge in [0.15, 0.2) is 0 Å². The molecule has 1 atom stereocenters. The Labute approximate surface area is 187 Å². The van der Waals surface area contributed by atoms with Crippen LogP contribution in [0.25, 0.3) is 10.9 Å². The second-order valence-corrected chi connectivity index (χ2v) is 7.42. The van der Waals surface area contributed by atoms with Gasteiger partial charge in [-0.1, -0.05) is 6.07 Å². The number of alkyl halides is 3. The van der Waals surface area contributed by atoms with Gasteiger partial charge in [0.25, 0.3) is 5.91 Å². The second-order valence-electron chi connectivity index (χ2n) is 7.42. The van der Waals surface area contributed by atoms with Crippen LogP contribution in [0.4, 0.5) is 13.2 Å². The van der Waals surface area contributed by atoms with Gasteiger partial charge in [-0.05, 0) is 18.2 Å². The van der Waals surface area contributed by atoms with E-state index in [4.69, 9.17) is 9.47 Å². The standard InChI is InChI=1S/C22H22F3N5O3/c1-32-18-5-4-16-15(3-2-6-26-16)19(18)20(31)27-13-17(30-7-9-33-10-8-30)14-11-28-21(29-12-14)22(23,24)25/h2-6,11-12,17H,7-10,13H2,1H3,(H,27,31). The minimum Gasteiger partial charge on any atom is -0.496 e. The number of nitrogens with zero attached hydrogens (tertiary/aromatic N) is 4. The lowest BCUT2D eigenvalue weighted by molar-refractivity contribution is -0.145. The van der Waals surface area contributed by atoms with Crippen molar-refractivity contribution in [3.63, 3.8) is 0 Å². The molecule has 8 nitrogen and oxygen atoms in total. The number of carbonyl (C=O) groups is 1. The zero-order valence-corrected chi connectivity index (χ0v) is 17.8. The first-order valence-electron chi connectivity index (χ1n) is 10.3. The van der Waals surface area contributed by atoms with Crippen molar-refractivity contribution in [2.24, 2.45) is 0 Å². The van der Waals surface area contributed by atoms with E-state index in [9.17, 15) is 18.0 Å². The van der Waals surface area contributed by atoms with E-state index < -0.39 is 18.0 Å². The number of amides is 1. The Kier molecular flexibility index (Phi) is 6.70. The maximum atomic E-state index is 13.2. The molecule has 4 rings (SSSR count). The van der Waals surface area contributed by atoms with Gasteiger partial charge in [0.1, 0.15) is 5.75 Å². The number of benzene rings is 1. The van der Waals surface area contributed by atoms with Crippen LogP contribution in [0, 0.1) is 0 Å². The first-order valence-corrected chi connectivity index (χ1v) is 10.3. The van der Waals surface area contributed by atoms with Gasteiger partial charge < -0.3 is 14.8 Å². The highest BCUT2D eigenvalue weighted by Gasteiger charge is 2.35. The number of hydrogen-bond acceptors (Lipinski definition) is 7. The first kappa shape index (κ1) is 22.9. The van der Waals surface area contributed by atoms with Crippen molar-refractivity contribution in [3.8, 4) is 5.75 Å². The molecule has 0 bridgehead atoms. The largest absolute Gasteiger partial charge is 0.496 e. The lowest BCUT2D eigenvalue weighted by Crippen LogP contribution is -2.44. The highest BCUT2D eigenvalue weighted by atomic mass is 19.4. The minimum absolute atomic E-state index is 0.132. The third-order valence-electron chi connectivity index (χ3n) is 5.45. The zero-order valence-electron chi connectivity index (χ0n) is 17.8. The number of ether oxygens (including phenoxy) is 2. The fourth-order valence-electron chi connectivity index (χ4n) is 3.82. The fraction of sp³-hybridized carbons (Fsp3) is 0.364. The molecule has 0 aliphatic carbocycles. The van der Waals surface area contributed by atoms with Crippen molar-refractivity contribution in [2.75, 3.05) is 40.0 Å². The highest BCUT2D eigenvalue weighted by molar-refractivity contribution is 6.08. The summed E-state index contributed by atoms with van der Waals surface area (Å²) in [5, 5.41) is 3.53. The van der Waals surface area contributed by atoms with Gasteiger partial charge in [0, 0.05) is 49.2 Å². The molecule has 1 fully saturated rings. The number of methoxy groups -OCH3 is 1. The van der Waals surface area contributed by atoms with E-state index in [1.807, 2.05) is 4.90 Å². The summed E-state index contributed by atoms with van der Waals surface area (Å²) in [4.78, 5) is 26.5. The summed E-state index contributed by atoms with van der Waals surface area (Å²) in [6.07, 6.45) is -0.676. The number of halogens is 3. The van der Waals surface area contributed by atoms with Crippen LogP contribution >= 0.6 is 0 Å². The van der Waals surface area contributed by atoms with Crippen molar-refractivity contribution >= 4 is 16.8 Å². The normalized spacial score (nSPS) is 15.9. The molecule has 1 unspecified atom stereocenters. The summed E-state index contributed by atoms with van der Waals surface area (Å²) in [5.74, 6) is -1.19. The summed E-state index contributed by atoms with van der Waals surface area (Å²) >= 11 is 0. The topological polar surface area (TPSA) is 89.5 Å². The Morgan fingerprint density at radius 2 is 1.91 bits per heavy atom. The molecule has 1 aliphatic rings. The molecule has 11 heteroatoms. The van der Waals surface area contributed by atoms with Crippen molar-refractivity contribution in [3.05, 3.63) is 59.8 Å². The average Bonchev–Trinajstić information content (AvgIpc) is 2.83. The van der Waals surface area contributed by atoms with Gasteiger partial charge in [-0.25, -0.2) is 9.97 Å². The van der Waals surface area contributed by atoms with E-state index in [0.29, 0.717) is 54.1 Å². The molecule has 1 aliphatic heterocycles. The molecular formula is C22H22F3N5O3. The van der Waals surface area contributed by atoms with Crippen LogP contribution in [-0.4, -0.2) is 65.7 Å². The molecule has 1 N–H and O–H groups in total. The number of fused-ring (bicyclic) bond motifs is 1. The predicted molar refractivity (Wildman–Crippen MR) is 113 cm³/mol. The summed E-state index contributed by atoms with van der Waals surface area (Å²) in [5.41, 5.74) is 1.45. The number of rotatable bonds is 6. The van der Waals surface area contributed by atoms with Crippen LogP contribution in [0.1, 0.15) is 27.8 Å². The van der Waals surface area contributed by atoms with Gasteiger partial charge in [0.05, 0.1) is 37.4 Å². The van der Waals surface area contributed by atoms with Crippen LogP contribution in [0.15, 0.2) is 42.9 Å². The van der Waals surface area contributed by atoms with Crippen LogP contribution < -0.4 is 10.1 Å². The first-order chi connectivity index (χ1) is 15.9. The van der Waals surface area contributed by atoms with Crippen LogP contribution in [0.3, 0.4) is 0 Å². The van der Waals surface area contributed by atoms with Gasteiger partial charge in [-0.3, -0.25) is 14.7 Å². The monoisotopic (exact) mass is 461 g/mol. The quantitative estimate of drug-likeness (QED) is 0.604. The maximum Gasteiger partial charge on any atom is 0.451 e. The molecule has 0 radical (unpaired) electrons. The molecule has 3 aromatic rings. The summed E-state index contributed by atoms with van der Waals surface area (Å²) in [6, 6.07) is 6.52. The molecular weight excluding hydrogens is 439 g/mol. The molecule has 0 saturated carbocycles. The minimum atomic E-state index is -4.62. The average molecular weight is 461 g/mol. The lowest BCUT2D eigenvalue weighted by atomic mass is 10.0. The van der Waals surface area contributed by atoms with Gasteiger partial charge >= 0.3 is 6.18 Å². The second kappa shape index (κ2) is 9.67. The number of hydrogen-bond donors (Lipinski definition) is 1. The SMILES string of the molecule is COc1ccc2ncccc2c1C(=O)NCC(c1cnc(C(F)(F)F)nc1)N1CCOCC1. The highest BCUT2D eigenvalue weighted by Crippen LogP contribution is 2.29. The number of morpholine rings is 1. The number of nitrogens with one attached hydrogen (secondary N) is 1. The van der Waals surface area contributed by atoms with Crippen molar-refractivity contribution < 1.29 is 27.4 Å². The molecule has 1 aromatic carbocycles. The Hall–Kier alpha value is -3.31. The smallest absolute Gasteiger partial charge is 0.451 e. The van der Waals surface area contributed by atoms with Crippen molar-refractivity contribution in [1.29, 1.82) is 0 Å². The zero-order chi connectivity index (χ0) is 23.4. The molecule has 3 heterocycles. The number of aromatic nitrogens is 3. The summed E-state index contributed by atoms with van der Waals surface area (Å²) in [6.45, 7) is 2.21. The van der Waals surface area contributed by atoms with Gasteiger partial charge in [-0.2, -0.15) is 13.2 Å². The third kappa shape index (κ3) is 5.04.